The molecule has 2 aliphatic rings. The second kappa shape index (κ2) is 10.3. The van der Waals surface area contributed by atoms with Gasteiger partial charge in [0.05, 0.1) is 12.3 Å². The van der Waals surface area contributed by atoms with Crippen LogP contribution in [0.25, 0.3) is 11.3 Å². The van der Waals surface area contributed by atoms with Crippen molar-refractivity contribution in [1.29, 1.82) is 0 Å². The van der Waals surface area contributed by atoms with E-state index < -0.39 is 0 Å². The molecule has 0 radical (unpaired) electrons. The van der Waals surface area contributed by atoms with Crippen LogP contribution in [-0.4, -0.2) is 59.4 Å². The van der Waals surface area contributed by atoms with Crippen molar-refractivity contribution in [3.05, 3.63) is 80.6 Å². The number of halogens is 1. The molecule has 5 rings (SSSR count). The molecule has 2 aliphatic heterocycles. The number of aromatic nitrogens is 2. The van der Waals surface area contributed by atoms with Crippen LogP contribution in [0.4, 0.5) is 0 Å². The minimum absolute atomic E-state index is 0.0169. The van der Waals surface area contributed by atoms with Crippen molar-refractivity contribution >= 4 is 11.6 Å². The Bertz CT molecular complexity index is 1200. The van der Waals surface area contributed by atoms with Crippen molar-refractivity contribution in [3.63, 3.8) is 0 Å². The van der Waals surface area contributed by atoms with E-state index in [9.17, 15) is 4.79 Å². The molecule has 1 fully saturated rings. The first kappa shape index (κ1) is 23.1. The standard InChI is InChI=1S/C27H31ClN4O2/c1-30-12-14-31(15-13-30)19-23-18-25(21-6-9-26-22(17-21)10-16-34-26)29-32(27(23)33)11-2-3-20-4-7-24(28)8-5-20/h4-9,17-18H,2-3,10-16,19H2,1H3. The second-order valence-corrected chi connectivity index (χ2v) is 9.75. The van der Waals surface area contributed by atoms with Crippen molar-refractivity contribution in [1.82, 2.24) is 19.6 Å². The van der Waals surface area contributed by atoms with Gasteiger partial charge < -0.3 is 9.64 Å². The van der Waals surface area contributed by atoms with Gasteiger partial charge in [0.2, 0.25) is 0 Å². The molecule has 34 heavy (non-hydrogen) atoms. The number of hydrogen-bond acceptors (Lipinski definition) is 5. The predicted octanol–water partition coefficient (Wildman–Crippen LogP) is 3.88. The highest BCUT2D eigenvalue weighted by Crippen LogP contribution is 2.29. The van der Waals surface area contributed by atoms with Crippen LogP contribution in [0.15, 0.2) is 53.3 Å². The first-order valence-corrected chi connectivity index (χ1v) is 12.5. The number of hydrogen-bond donors (Lipinski definition) is 0. The molecule has 1 aromatic heterocycles. The van der Waals surface area contributed by atoms with Gasteiger partial charge in [0, 0.05) is 61.8 Å². The SMILES string of the molecule is CN1CCN(Cc2cc(-c3ccc4c(c3)CCO4)nn(CCCc3ccc(Cl)cc3)c2=O)CC1. The molecule has 1 saturated heterocycles. The fourth-order valence-electron chi connectivity index (χ4n) is 4.68. The van der Waals surface area contributed by atoms with Crippen LogP contribution in [0.2, 0.25) is 5.02 Å². The van der Waals surface area contributed by atoms with Crippen molar-refractivity contribution in [3.8, 4) is 17.0 Å². The van der Waals surface area contributed by atoms with Crippen molar-refractivity contribution in [2.45, 2.75) is 32.4 Å². The van der Waals surface area contributed by atoms with E-state index in [1.807, 2.05) is 36.4 Å². The van der Waals surface area contributed by atoms with E-state index >= 15 is 0 Å². The third kappa shape index (κ3) is 5.35. The number of benzene rings is 2. The Kier molecular flexibility index (Phi) is 6.99. The van der Waals surface area contributed by atoms with Gasteiger partial charge in [-0.15, -0.1) is 0 Å². The Morgan fingerprint density at radius 2 is 1.82 bits per heavy atom. The minimum atomic E-state index is 0.0169. The summed E-state index contributed by atoms with van der Waals surface area (Å²) in [5.41, 5.74) is 5.15. The molecule has 178 valence electrons. The average molecular weight is 479 g/mol. The summed E-state index contributed by atoms with van der Waals surface area (Å²) in [4.78, 5) is 18.1. The summed E-state index contributed by atoms with van der Waals surface area (Å²) in [5, 5.41) is 5.53. The third-order valence-electron chi connectivity index (χ3n) is 6.77. The molecule has 0 N–H and O–H groups in total. The summed E-state index contributed by atoms with van der Waals surface area (Å²) in [7, 11) is 2.15. The van der Waals surface area contributed by atoms with Crippen molar-refractivity contribution < 1.29 is 4.74 Å². The van der Waals surface area contributed by atoms with Gasteiger partial charge in [-0.2, -0.15) is 5.10 Å². The third-order valence-corrected chi connectivity index (χ3v) is 7.02. The number of likely N-dealkylation sites (N-methyl/N-ethyl adjacent to an activating group) is 1. The normalized spacial score (nSPS) is 16.4. The van der Waals surface area contributed by atoms with E-state index in [1.165, 1.54) is 11.1 Å². The van der Waals surface area contributed by atoms with Crippen LogP contribution >= 0.6 is 11.6 Å². The molecule has 0 unspecified atom stereocenters. The fraction of sp³-hybridized carbons (Fsp3) is 0.407. The topological polar surface area (TPSA) is 50.6 Å². The van der Waals surface area contributed by atoms with E-state index in [-0.39, 0.29) is 5.56 Å². The smallest absolute Gasteiger partial charge is 0.271 e. The highest BCUT2D eigenvalue weighted by Gasteiger charge is 2.19. The van der Waals surface area contributed by atoms with Gasteiger partial charge in [-0.3, -0.25) is 9.69 Å². The van der Waals surface area contributed by atoms with Gasteiger partial charge in [0.25, 0.3) is 5.56 Å². The number of ether oxygens (including phenoxy) is 1. The number of piperazine rings is 1. The molecule has 3 aromatic rings. The van der Waals surface area contributed by atoms with E-state index in [0.717, 1.165) is 79.6 Å². The van der Waals surface area contributed by atoms with Crippen LogP contribution in [-0.2, 0) is 25.9 Å². The molecule has 0 saturated carbocycles. The summed E-state index contributed by atoms with van der Waals surface area (Å²) < 4.78 is 7.34. The summed E-state index contributed by atoms with van der Waals surface area (Å²) in [6.45, 7) is 5.97. The van der Waals surface area contributed by atoms with Crippen molar-refractivity contribution in [2.75, 3.05) is 39.8 Å². The average Bonchev–Trinajstić information content (AvgIpc) is 3.32. The van der Waals surface area contributed by atoms with E-state index in [4.69, 9.17) is 21.4 Å². The van der Waals surface area contributed by atoms with Gasteiger partial charge in [0.1, 0.15) is 5.75 Å². The lowest BCUT2D eigenvalue weighted by molar-refractivity contribution is 0.147. The van der Waals surface area contributed by atoms with E-state index in [1.54, 1.807) is 4.68 Å². The highest BCUT2D eigenvalue weighted by molar-refractivity contribution is 6.30. The minimum Gasteiger partial charge on any atom is -0.493 e. The fourth-order valence-corrected chi connectivity index (χ4v) is 4.81. The zero-order chi connectivity index (χ0) is 23.5. The first-order chi connectivity index (χ1) is 16.5. The summed E-state index contributed by atoms with van der Waals surface area (Å²) in [6.07, 6.45) is 2.63. The Hall–Kier alpha value is -2.67. The molecular formula is C27H31ClN4O2. The monoisotopic (exact) mass is 478 g/mol. The Morgan fingerprint density at radius 1 is 1.03 bits per heavy atom. The Morgan fingerprint density at radius 3 is 2.62 bits per heavy atom. The molecule has 3 heterocycles. The summed E-state index contributed by atoms with van der Waals surface area (Å²) in [6, 6.07) is 16.1. The second-order valence-electron chi connectivity index (χ2n) is 9.31. The molecule has 0 bridgehead atoms. The molecule has 0 spiro atoms. The van der Waals surface area contributed by atoms with Crippen LogP contribution < -0.4 is 10.3 Å². The van der Waals surface area contributed by atoms with Gasteiger partial charge in [0.15, 0.2) is 0 Å². The highest BCUT2D eigenvalue weighted by atomic mass is 35.5. The summed E-state index contributed by atoms with van der Waals surface area (Å²) in [5.74, 6) is 0.956. The predicted molar refractivity (Wildman–Crippen MR) is 136 cm³/mol. The lowest BCUT2D eigenvalue weighted by Gasteiger charge is -2.32. The Balaban J connectivity index is 1.40. The zero-order valence-corrected chi connectivity index (χ0v) is 20.4. The maximum atomic E-state index is 13.4. The molecular weight excluding hydrogens is 448 g/mol. The summed E-state index contributed by atoms with van der Waals surface area (Å²) >= 11 is 6.01. The van der Waals surface area contributed by atoms with Gasteiger partial charge in [-0.25, -0.2) is 4.68 Å². The first-order valence-electron chi connectivity index (χ1n) is 12.1. The number of nitrogens with zero attached hydrogens (tertiary/aromatic N) is 4. The van der Waals surface area contributed by atoms with Gasteiger partial charge in [-0.05, 0) is 67.4 Å². The lowest BCUT2D eigenvalue weighted by Crippen LogP contribution is -2.45. The number of aryl methyl sites for hydroxylation is 2. The van der Waals surface area contributed by atoms with Crippen LogP contribution in [0, 0.1) is 0 Å². The molecule has 0 aliphatic carbocycles. The Labute approximate surface area is 205 Å². The molecule has 2 aromatic carbocycles. The molecule has 6 nitrogen and oxygen atoms in total. The van der Waals surface area contributed by atoms with Gasteiger partial charge >= 0.3 is 0 Å². The van der Waals surface area contributed by atoms with Crippen LogP contribution in [0.5, 0.6) is 5.75 Å². The largest absolute Gasteiger partial charge is 0.493 e. The van der Waals surface area contributed by atoms with Crippen LogP contribution in [0.3, 0.4) is 0 Å². The maximum Gasteiger partial charge on any atom is 0.271 e. The number of fused-ring (bicyclic) bond motifs is 1. The van der Waals surface area contributed by atoms with Gasteiger partial charge in [-0.1, -0.05) is 23.7 Å². The quantitative estimate of drug-likeness (QED) is 0.516. The van der Waals surface area contributed by atoms with E-state index in [2.05, 4.69) is 29.0 Å². The molecule has 0 atom stereocenters. The van der Waals surface area contributed by atoms with Crippen molar-refractivity contribution in [2.24, 2.45) is 0 Å². The lowest BCUT2D eigenvalue weighted by atomic mass is 10.0. The zero-order valence-electron chi connectivity index (χ0n) is 19.7. The molecule has 7 heteroatoms. The molecule has 0 amide bonds. The van der Waals surface area contributed by atoms with E-state index in [0.29, 0.717) is 13.1 Å². The number of rotatable bonds is 7. The van der Waals surface area contributed by atoms with Crippen LogP contribution in [0.1, 0.15) is 23.1 Å². The maximum absolute atomic E-state index is 13.4.